The summed E-state index contributed by atoms with van der Waals surface area (Å²) in [6.45, 7) is -1.15. The number of nitrogens with one attached hydrogen (secondary N) is 1. The van der Waals surface area contributed by atoms with E-state index in [0.717, 1.165) is 10.6 Å². The van der Waals surface area contributed by atoms with Gasteiger partial charge < -0.3 is 4.74 Å². The van der Waals surface area contributed by atoms with Crippen molar-refractivity contribution >= 4 is 33.7 Å². The van der Waals surface area contributed by atoms with Crippen molar-refractivity contribution in [1.29, 1.82) is 0 Å². The van der Waals surface area contributed by atoms with E-state index in [1.54, 1.807) is 30.5 Å². The number of aromatic nitrogens is 2. The lowest BCUT2D eigenvalue weighted by Gasteiger charge is -2.08. The normalized spacial score (nSPS) is 10.9. The molecule has 0 aliphatic heterocycles. The van der Waals surface area contributed by atoms with Gasteiger partial charge in [-0.15, -0.1) is 22.7 Å². The average molecular weight is 444 g/mol. The van der Waals surface area contributed by atoms with Gasteiger partial charge in [0.2, 0.25) is 0 Å². The van der Waals surface area contributed by atoms with Crippen LogP contribution in [0.3, 0.4) is 0 Å². The Balaban J connectivity index is 1.54. The number of thiazole rings is 2. The third-order valence-electron chi connectivity index (χ3n) is 4.13. The maximum Gasteiger partial charge on any atom is 0.387 e. The number of para-hydroxylation sites is 1. The predicted octanol–water partition coefficient (Wildman–Crippen LogP) is 6.10. The SMILES string of the molecule is Cc1nc(-c2ccccc2)sc1C(=O)Nc1nc(-c2ccccc2OC(F)F)cs1. The maximum absolute atomic E-state index is 12.7. The van der Waals surface area contributed by atoms with Crippen LogP contribution in [-0.2, 0) is 0 Å². The molecule has 0 aliphatic carbocycles. The fraction of sp³-hybridized carbons (Fsp3) is 0.0952. The van der Waals surface area contributed by atoms with Crippen LogP contribution in [0, 0.1) is 6.92 Å². The molecule has 9 heteroatoms. The van der Waals surface area contributed by atoms with Gasteiger partial charge in [-0.05, 0) is 19.1 Å². The molecule has 0 unspecified atom stereocenters. The Labute approximate surface area is 179 Å². The number of carbonyl (C=O) groups is 1. The molecular formula is C21H15F2N3O2S2. The van der Waals surface area contributed by atoms with E-state index >= 15 is 0 Å². The van der Waals surface area contributed by atoms with Crippen molar-refractivity contribution in [3.63, 3.8) is 0 Å². The average Bonchev–Trinajstić information content (AvgIpc) is 3.35. The molecular weight excluding hydrogens is 428 g/mol. The van der Waals surface area contributed by atoms with Gasteiger partial charge in [0.1, 0.15) is 15.6 Å². The minimum absolute atomic E-state index is 0.0291. The Morgan fingerprint density at radius 2 is 1.80 bits per heavy atom. The molecule has 4 rings (SSSR count). The molecule has 2 heterocycles. The highest BCUT2D eigenvalue weighted by atomic mass is 32.1. The number of amides is 1. The van der Waals surface area contributed by atoms with E-state index in [2.05, 4.69) is 20.0 Å². The molecule has 1 amide bonds. The van der Waals surface area contributed by atoms with E-state index < -0.39 is 6.61 Å². The zero-order chi connectivity index (χ0) is 21.1. The second kappa shape index (κ2) is 8.68. The van der Waals surface area contributed by atoms with E-state index in [1.807, 2.05) is 30.3 Å². The second-order valence-corrected chi connectivity index (χ2v) is 8.02. The topological polar surface area (TPSA) is 64.1 Å². The zero-order valence-corrected chi connectivity index (χ0v) is 17.3. The third kappa shape index (κ3) is 4.37. The number of halogens is 2. The first kappa shape index (κ1) is 20.1. The smallest absolute Gasteiger partial charge is 0.387 e. The van der Waals surface area contributed by atoms with Crippen molar-refractivity contribution in [2.75, 3.05) is 5.32 Å². The summed E-state index contributed by atoms with van der Waals surface area (Å²) < 4.78 is 29.8. The predicted molar refractivity (Wildman–Crippen MR) is 114 cm³/mol. The Hall–Kier alpha value is -3.17. The highest BCUT2D eigenvalue weighted by Gasteiger charge is 2.19. The molecule has 2 aromatic carbocycles. The van der Waals surface area contributed by atoms with Crippen LogP contribution in [0.2, 0.25) is 0 Å². The molecule has 0 spiro atoms. The Morgan fingerprint density at radius 3 is 2.57 bits per heavy atom. The minimum atomic E-state index is -2.93. The number of nitrogens with zero attached hydrogens (tertiary/aromatic N) is 2. The minimum Gasteiger partial charge on any atom is -0.434 e. The van der Waals surface area contributed by atoms with E-state index in [9.17, 15) is 13.6 Å². The van der Waals surface area contributed by atoms with Gasteiger partial charge in [-0.2, -0.15) is 8.78 Å². The van der Waals surface area contributed by atoms with E-state index in [-0.39, 0.29) is 11.7 Å². The van der Waals surface area contributed by atoms with Crippen molar-refractivity contribution < 1.29 is 18.3 Å². The van der Waals surface area contributed by atoms with Crippen LogP contribution >= 0.6 is 22.7 Å². The van der Waals surface area contributed by atoms with Gasteiger partial charge in [-0.25, -0.2) is 9.97 Å². The number of benzene rings is 2. The first-order chi connectivity index (χ1) is 14.5. The Morgan fingerprint density at radius 1 is 1.07 bits per heavy atom. The van der Waals surface area contributed by atoms with Crippen LogP contribution < -0.4 is 10.1 Å². The van der Waals surface area contributed by atoms with Gasteiger partial charge in [0.25, 0.3) is 5.91 Å². The number of rotatable bonds is 6. The Bertz CT molecular complexity index is 1180. The number of aryl methyl sites for hydroxylation is 1. The molecule has 1 N–H and O–H groups in total. The lowest BCUT2D eigenvalue weighted by Crippen LogP contribution is -2.11. The summed E-state index contributed by atoms with van der Waals surface area (Å²) in [7, 11) is 0. The van der Waals surface area contributed by atoms with E-state index in [1.165, 1.54) is 28.7 Å². The number of hydrogen-bond donors (Lipinski definition) is 1. The van der Waals surface area contributed by atoms with Crippen LogP contribution in [0.5, 0.6) is 5.75 Å². The quantitative estimate of drug-likeness (QED) is 0.391. The fourth-order valence-electron chi connectivity index (χ4n) is 2.80. The molecule has 0 saturated heterocycles. The van der Waals surface area contributed by atoms with Crippen LogP contribution in [0.4, 0.5) is 13.9 Å². The van der Waals surface area contributed by atoms with E-state index in [0.29, 0.717) is 27.0 Å². The number of ether oxygens (including phenoxy) is 1. The highest BCUT2D eigenvalue weighted by Crippen LogP contribution is 2.34. The van der Waals surface area contributed by atoms with Crippen molar-refractivity contribution in [1.82, 2.24) is 9.97 Å². The van der Waals surface area contributed by atoms with Gasteiger partial charge in [0.05, 0.1) is 11.4 Å². The van der Waals surface area contributed by atoms with Gasteiger partial charge in [-0.3, -0.25) is 10.1 Å². The zero-order valence-electron chi connectivity index (χ0n) is 15.6. The molecule has 30 heavy (non-hydrogen) atoms. The summed E-state index contributed by atoms with van der Waals surface area (Å²) in [6.07, 6.45) is 0. The van der Waals surface area contributed by atoms with Crippen molar-refractivity contribution in [2.45, 2.75) is 13.5 Å². The third-order valence-corrected chi connectivity index (χ3v) is 6.09. The standard InChI is InChI=1S/C21H15F2N3O2S2/c1-12-17(30-19(24-12)13-7-3-2-4-8-13)18(27)26-21-25-15(11-29-21)14-9-5-6-10-16(14)28-20(22)23/h2-11,20H,1H3,(H,25,26,27). The van der Waals surface area contributed by atoms with Crippen LogP contribution in [0.15, 0.2) is 60.0 Å². The number of anilines is 1. The maximum atomic E-state index is 12.7. The van der Waals surface area contributed by atoms with Crippen molar-refractivity contribution in [3.05, 3.63) is 70.5 Å². The molecule has 4 aromatic rings. The molecule has 0 aliphatic rings. The summed E-state index contributed by atoms with van der Waals surface area (Å²) in [5.41, 5.74) is 2.44. The van der Waals surface area contributed by atoms with Gasteiger partial charge in [0, 0.05) is 16.5 Å². The largest absolute Gasteiger partial charge is 0.434 e. The molecule has 0 saturated carbocycles. The fourth-order valence-corrected chi connectivity index (χ4v) is 4.47. The summed E-state index contributed by atoms with van der Waals surface area (Å²) in [5.74, 6) is -0.285. The Kier molecular flexibility index (Phi) is 5.82. The van der Waals surface area contributed by atoms with Gasteiger partial charge in [0.15, 0.2) is 5.13 Å². The van der Waals surface area contributed by atoms with Gasteiger partial charge in [-0.1, -0.05) is 42.5 Å². The number of carbonyl (C=O) groups excluding carboxylic acids is 1. The highest BCUT2D eigenvalue weighted by molar-refractivity contribution is 7.17. The lowest BCUT2D eigenvalue weighted by molar-refractivity contribution is -0.0494. The first-order valence-electron chi connectivity index (χ1n) is 8.85. The molecule has 0 atom stereocenters. The molecule has 0 radical (unpaired) electrons. The molecule has 152 valence electrons. The molecule has 0 bridgehead atoms. The summed E-state index contributed by atoms with van der Waals surface area (Å²) >= 11 is 2.50. The number of alkyl halides is 2. The molecule has 2 aromatic heterocycles. The summed E-state index contributed by atoms with van der Waals surface area (Å²) in [4.78, 5) is 22.1. The van der Waals surface area contributed by atoms with Crippen LogP contribution in [0.25, 0.3) is 21.8 Å². The monoisotopic (exact) mass is 443 g/mol. The molecule has 0 fully saturated rings. The van der Waals surface area contributed by atoms with Crippen LogP contribution in [-0.4, -0.2) is 22.5 Å². The van der Waals surface area contributed by atoms with Crippen molar-refractivity contribution in [3.8, 4) is 27.6 Å². The lowest BCUT2D eigenvalue weighted by atomic mass is 10.1. The summed E-state index contributed by atoms with van der Waals surface area (Å²) in [6, 6.07) is 16.0. The van der Waals surface area contributed by atoms with Gasteiger partial charge >= 0.3 is 6.61 Å². The first-order valence-corrected chi connectivity index (χ1v) is 10.5. The molecule has 5 nitrogen and oxygen atoms in total. The van der Waals surface area contributed by atoms with Crippen LogP contribution in [0.1, 0.15) is 15.4 Å². The second-order valence-electron chi connectivity index (χ2n) is 6.17. The van der Waals surface area contributed by atoms with Crippen molar-refractivity contribution in [2.24, 2.45) is 0 Å². The summed E-state index contributed by atoms with van der Waals surface area (Å²) in [5, 5.41) is 5.56. The van der Waals surface area contributed by atoms with E-state index in [4.69, 9.17) is 0 Å². The number of hydrogen-bond acceptors (Lipinski definition) is 6.